The van der Waals surface area contributed by atoms with Crippen LogP contribution in [0.5, 0.6) is 0 Å². The number of hydrogen-bond donors (Lipinski definition) is 1. The second-order valence-corrected chi connectivity index (χ2v) is 4.92. The van der Waals surface area contributed by atoms with Crippen molar-refractivity contribution >= 4 is 18.3 Å². The summed E-state index contributed by atoms with van der Waals surface area (Å²) in [4.78, 5) is 14.4. The van der Waals surface area contributed by atoms with E-state index in [-0.39, 0.29) is 18.3 Å². The van der Waals surface area contributed by atoms with Gasteiger partial charge in [0, 0.05) is 19.1 Å². The molecule has 2 fully saturated rings. The lowest BCUT2D eigenvalue weighted by Crippen LogP contribution is -2.48. The number of likely N-dealkylation sites (tertiary alicyclic amines) is 1. The Kier molecular flexibility index (Phi) is 5.56. The number of halogens is 1. The third kappa shape index (κ3) is 3.11. The first kappa shape index (κ1) is 13.8. The topological polar surface area (TPSA) is 32.3 Å². The van der Waals surface area contributed by atoms with Gasteiger partial charge < -0.3 is 10.2 Å². The van der Waals surface area contributed by atoms with Crippen LogP contribution in [-0.4, -0.2) is 36.5 Å². The number of carbonyl (C=O) groups excluding carboxylic acids is 1. The van der Waals surface area contributed by atoms with Gasteiger partial charge in [0.15, 0.2) is 0 Å². The molecule has 0 spiro atoms. The number of nitrogens with zero attached hydrogens (tertiary/aromatic N) is 1. The maximum Gasteiger partial charge on any atom is 0.227 e. The number of amides is 1. The van der Waals surface area contributed by atoms with E-state index in [1.165, 1.54) is 19.3 Å². The largest absolute Gasteiger partial charge is 0.340 e. The molecule has 2 rings (SSSR count). The minimum absolute atomic E-state index is 0. The van der Waals surface area contributed by atoms with Gasteiger partial charge in [-0.05, 0) is 45.6 Å². The molecule has 94 valence electrons. The number of rotatable bonds is 1. The monoisotopic (exact) mass is 246 g/mol. The van der Waals surface area contributed by atoms with E-state index in [1.54, 1.807) is 0 Å². The van der Waals surface area contributed by atoms with Crippen molar-refractivity contribution in [3.8, 4) is 0 Å². The van der Waals surface area contributed by atoms with Crippen LogP contribution in [0, 0.1) is 5.92 Å². The summed E-state index contributed by atoms with van der Waals surface area (Å²) in [7, 11) is 0. The zero-order valence-corrected chi connectivity index (χ0v) is 10.9. The second-order valence-electron chi connectivity index (χ2n) is 4.92. The SMILES string of the molecule is CC1CCCCN1C(=O)[C@@H]1CCCNC1.Cl. The van der Waals surface area contributed by atoms with Crippen LogP contribution in [0.1, 0.15) is 39.0 Å². The average Bonchev–Trinajstić information content (AvgIpc) is 2.30. The van der Waals surface area contributed by atoms with E-state index in [4.69, 9.17) is 0 Å². The third-order valence-electron chi connectivity index (χ3n) is 3.73. The van der Waals surface area contributed by atoms with Crippen molar-refractivity contribution in [3.63, 3.8) is 0 Å². The Labute approximate surface area is 104 Å². The van der Waals surface area contributed by atoms with Gasteiger partial charge in [0.05, 0.1) is 5.92 Å². The molecule has 0 bridgehead atoms. The van der Waals surface area contributed by atoms with Gasteiger partial charge in [-0.3, -0.25) is 4.79 Å². The zero-order valence-electron chi connectivity index (χ0n) is 10.1. The molecule has 0 aromatic carbocycles. The van der Waals surface area contributed by atoms with Gasteiger partial charge in [-0.25, -0.2) is 0 Å². The van der Waals surface area contributed by atoms with Gasteiger partial charge in [-0.2, -0.15) is 0 Å². The Morgan fingerprint density at radius 3 is 2.69 bits per heavy atom. The lowest BCUT2D eigenvalue weighted by molar-refractivity contribution is -0.139. The van der Waals surface area contributed by atoms with Gasteiger partial charge in [-0.15, -0.1) is 12.4 Å². The summed E-state index contributed by atoms with van der Waals surface area (Å²) in [6, 6.07) is 0.466. The van der Waals surface area contributed by atoms with Crippen LogP contribution in [-0.2, 0) is 4.79 Å². The molecule has 1 amide bonds. The summed E-state index contributed by atoms with van der Waals surface area (Å²) < 4.78 is 0. The van der Waals surface area contributed by atoms with E-state index < -0.39 is 0 Å². The maximum absolute atomic E-state index is 12.2. The van der Waals surface area contributed by atoms with Crippen LogP contribution in [0.4, 0.5) is 0 Å². The highest BCUT2D eigenvalue weighted by Crippen LogP contribution is 2.21. The van der Waals surface area contributed by atoms with E-state index in [2.05, 4.69) is 17.1 Å². The van der Waals surface area contributed by atoms with Crippen molar-refractivity contribution in [3.05, 3.63) is 0 Å². The molecule has 2 saturated heterocycles. The molecule has 0 aromatic rings. The summed E-state index contributed by atoms with van der Waals surface area (Å²) >= 11 is 0. The van der Waals surface area contributed by atoms with Crippen molar-refractivity contribution in [2.45, 2.75) is 45.1 Å². The van der Waals surface area contributed by atoms with Crippen molar-refractivity contribution in [2.75, 3.05) is 19.6 Å². The van der Waals surface area contributed by atoms with Crippen molar-refractivity contribution in [1.29, 1.82) is 0 Å². The fraction of sp³-hybridized carbons (Fsp3) is 0.917. The van der Waals surface area contributed by atoms with Crippen LogP contribution in [0.15, 0.2) is 0 Å². The number of nitrogens with one attached hydrogen (secondary N) is 1. The van der Waals surface area contributed by atoms with Crippen LogP contribution in [0.25, 0.3) is 0 Å². The summed E-state index contributed by atoms with van der Waals surface area (Å²) in [6.07, 6.45) is 5.89. The third-order valence-corrected chi connectivity index (χ3v) is 3.73. The first-order valence-electron chi connectivity index (χ1n) is 6.30. The smallest absolute Gasteiger partial charge is 0.227 e. The van der Waals surface area contributed by atoms with E-state index in [9.17, 15) is 4.79 Å². The molecule has 2 atom stereocenters. The molecule has 2 aliphatic rings. The van der Waals surface area contributed by atoms with E-state index in [0.29, 0.717) is 11.9 Å². The predicted octanol–water partition coefficient (Wildman–Crippen LogP) is 1.81. The van der Waals surface area contributed by atoms with Gasteiger partial charge >= 0.3 is 0 Å². The Hall–Kier alpha value is -0.280. The second kappa shape index (κ2) is 6.45. The van der Waals surface area contributed by atoms with Crippen LogP contribution in [0.3, 0.4) is 0 Å². The van der Waals surface area contributed by atoms with Crippen molar-refractivity contribution in [1.82, 2.24) is 10.2 Å². The molecule has 1 N–H and O–H groups in total. The predicted molar refractivity (Wildman–Crippen MR) is 67.9 cm³/mol. The maximum atomic E-state index is 12.2. The Morgan fingerprint density at radius 2 is 2.06 bits per heavy atom. The van der Waals surface area contributed by atoms with Gasteiger partial charge in [0.1, 0.15) is 0 Å². The minimum Gasteiger partial charge on any atom is -0.340 e. The molecular formula is C12H23ClN2O. The molecule has 2 aliphatic heterocycles. The summed E-state index contributed by atoms with van der Waals surface area (Å²) in [5.41, 5.74) is 0. The Morgan fingerprint density at radius 1 is 1.25 bits per heavy atom. The molecule has 4 heteroatoms. The first-order valence-corrected chi connectivity index (χ1v) is 6.30. The molecule has 0 aliphatic carbocycles. The molecule has 0 radical (unpaired) electrons. The summed E-state index contributed by atoms with van der Waals surface area (Å²) in [5.74, 6) is 0.647. The molecule has 2 heterocycles. The number of piperidine rings is 2. The zero-order chi connectivity index (χ0) is 10.7. The van der Waals surface area contributed by atoms with E-state index >= 15 is 0 Å². The van der Waals surface area contributed by atoms with Crippen molar-refractivity contribution < 1.29 is 4.79 Å². The summed E-state index contributed by atoms with van der Waals surface area (Å²) in [6.45, 7) is 5.14. The summed E-state index contributed by atoms with van der Waals surface area (Å²) in [5, 5.41) is 3.32. The van der Waals surface area contributed by atoms with Gasteiger partial charge in [-0.1, -0.05) is 0 Å². The molecule has 0 saturated carbocycles. The van der Waals surface area contributed by atoms with Crippen LogP contribution >= 0.6 is 12.4 Å². The van der Waals surface area contributed by atoms with E-state index in [0.717, 1.165) is 32.5 Å². The number of hydrogen-bond acceptors (Lipinski definition) is 2. The minimum atomic E-state index is 0. The van der Waals surface area contributed by atoms with Crippen LogP contribution in [0.2, 0.25) is 0 Å². The fourth-order valence-corrected chi connectivity index (χ4v) is 2.72. The normalized spacial score (nSPS) is 30.7. The highest BCUT2D eigenvalue weighted by atomic mass is 35.5. The molecule has 0 aromatic heterocycles. The molecule has 16 heavy (non-hydrogen) atoms. The Balaban J connectivity index is 0.00000128. The first-order chi connectivity index (χ1) is 7.29. The fourth-order valence-electron chi connectivity index (χ4n) is 2.72. The van der Waals surface area contributed by atoms with Gasteiger partial charge in [0.2, 0.25) is 5.91 Å². The van der Waals surface area contributed by atoms with E-state index in [1.807, 2.05) is 0 Å². The highest BCUT2D eigenvalue weighted by Gasteiger charge is 2.29. The quantitative estimate of drug-likeness (QED) is 0.766. The van der Waals surface area contributed by atoms with Gasteiger partial charge in [0.25, 0.3) is 0 Å². The molecule has 3 nitrogen and oxygen atoms in total. The molecular weight excluding hydrogens is 224 g/mol. The average molecular weight is 247 g/mol. The number of carbonyl (C=O) groups is 1. The lowest BCUT2D eigenvalue weighted by atomic mass is 9.95. The molecule has 1 unspecified atom stereocenters. The van der Waals surface area contributed by atoms with Crippen LogP contribution < -0.4 is 5.32 Å². The van der Waals surface area contributed by atoms with Crippen molar-refractivity contribution in [2.24, 2.45) is 5.92 Å². The standard InChI is InChI=1S/C12H22N2O.ClH/c1-10-5-2-3-8-14(10)12(15)11-6-4-7-13-9-11;/h10-11,13H,2-9H2,1H3;1H/t10?,11-;/m1./s1. The lowest BCUT2D eigenvalue weighted by Gasteiger charge is -2.37. The Bertz CT molecular complexity index is 229. The highest BCUT2D eigenvalue weighted by molar-refractivity contribution is 5.85.